The van der Waals surface area contributed by atoms with Gasteiger partial charge in [-0.1, -0.05) is 6.07 Å². The van der Waals surface area contributed by atoms with E-state index in [9.17, 15) is 12.8 Å². The fraction of sp³-hybridized carbons (Fsp3) is 0.600. The van der Waals surface area contributed by atoms with Crippen LogP contribution in [0.15, 0.2) is 23.1 Å². The molecule has 23 heavy (non-hydrogen) atoms. The minimum Gasteiger partial charge on any atom is -0.378 e. The van der Waals surface area contributed by atoms with Crippen LogP contribution in [0.5, 0.6) is 0 Å². The first-order valence-corrected chi connectivity index (χ1v) is 8.97. The minimum absolute atomic E-state index is 0. The van der Waals surface area contributed by atoms with Gasteiger partial charge in [-0.25, -0.2) is 12.8 Å². The van der Waals surface area contributed by atoms with E-state index in [1.807, 2.05) is 0 Å². The minimum atomic E-state index is -3.78. The number of nitrogens with zero attached hydrogens (tertiary/aromatic N) is 1. The second kappa shape index (κ2) is 8.94. The average molecular weight is 367 g/mol. The molecule has 0 saturated carbocycles. The summed E-state index contributed by atoms with van der Waals surface area (Å²) in [5, 5.41) is 0. The van der Waals surface area contributed by atoms with Gasteiger partial charge in [0, 0.05) is 19.7 Å². The number of piperidine rings is 1. The summed E-state index contributed by atoms with van der Waals surface area (Å²) < 4.78 is 46.0. The van der Waals surface area contributed by atoms with Crippen molar-refractivity contribution in [2.45, 2.75) is 37.2 Å². The Morgan fingerprint density at radius 1 is 1.35 bits per heavy atom. The van der Waals surface area contributed by atoms with E-state index < -0.39 is 15.8 Å². The third-order valence-electron chi connectivity index (χ3n) is 3.81. The van der Waals surface area contributed by atoms with Gasteiger partial charge in [-0.2, -0.15) is 4.31 Å². The number of aryl methyl sites for hydroxylation is 1. The lowest BCUT2D eigenvalue weighted by Crippen LogP contribution is -2.41. The van der Waals surface area contributed by atoms with Crippen molar-refractivity contribution in [3.05, 3.63) is 29.6 Å². The summed E-state index contributed by atoms with van der Waals surface area (Å²) in [4.78, 5) is -0.249. The number of nitrogens with two attached hydrogens (primary N) is 1. The zero-order valence-electron chi connectivity index (χ0n) is 13.2. The van der Waals surface area contributed by atoms with Gasteiger partial charge in [0.1, 0.15) is 10.7 Å². The molecular formula is C15H24ClFN2O3S. The molecule has 1 aliphatic rings. The van der Waals surface area contributed by atoms with Crippen LogP contribution in [0.4, 0.5) is 4.39 Å². The Labute approximate surface area is 143 Å². The maximum Gasteiger partial charge on any atom is 0.245 e. The highest BCUT2D eigenvalue weighted by Gasteiger charge is 2.31. The lowest BCUT2D eigenvalue weighted by Gasteiger charge is -2.31. The fourth-order valence-electron chi connectivity index (χ4n) is 2.53. The van der Waals surface area contributed by atoms with Gasteiger partial charge in [0.25, 0.3) is 0 Å². The average Bonchev–Trinajstić information content (AvgIpc) is 2.47. The van der Waals surface area contributed by atoms with Crippen molar-refractivity contribution < 1.29 is 17.5 Å². The van der Waals surface area contributed by atoms with Crippen molar-refractivity contribution >= 4 is 22.4 Å². The van der Waals surface area contributed by atoms with E-state index in [1.54, 1.807) is 13.0 Å². The summed E-state index contributed by atoms with van der Waals surface area (Å²) in [6.45, 7) is 3.61. The van der Waals surface area contributed by atoms with Gasteiger partial charge in [-0.3, -0.25) is 0 Å². The van der Waals surface area contributed by atoms with Crippen LogP contribution < -0.4 is 5.73 Å². The number of benzene rings is 1. The molecule has 1 saturated heterocycles. The molecule has 1 aliphatic heterocycles. The molecule has 1 fully saturated rings. The Balaban J connectivity index is 0.00000264. The van der Waals surface area contributed by atoms with Crippen molar-refractivity contribution in [1.82, 2.24) is 4.31 Å². The van der Waals surface area contributed by atoms with Crippen LogP contribution in [0, 0.1) is 12.7 Å². The Hall–Kier alpha value is -0.730. The Morgan fingerprint density at radius 3 is 2.57 bits per heavy atom. The molecule has 0 aliphatic carbocycles. The van der Waals surface area contributed by atoms with E-state index in [-0.39, 0.29) is 23.4 Å². The third-order valence-corrected chi connectivity index (χ3v) is 5.74. The van der Waals surface area contributed by atoms with E-state index in [2.05, 4.69) is 0 Å². The molecule has 0 bridgehead atoms. The molecule has 2 N–H and O–H groups in total. The molecule has 0 atom stereocenters. The molecular weight excluding hydrogens is 343 g/mol. The third kappa shape index (κ3) is 5.12. The summed E-state index contributed by atoms with van der Waals surface area (Å²) in [6.07, 6.45) is 2.10. The number of hydrogen-bond donors (Lipinski definition) is 1. The maximum absolute atomic E-state index is 13.9. The van der Waals surface area contributed by atoms with Crippen LogP contribution in [0.2, 0.25) is 0 Å². The molecule has 132 valence electrons. The van der Waals surface area contributed by atoms with E-state index in [0.717, 1.165) is 6.42 Å². The van der Waals surface area contributed by atoms with Crippen LogP contribution in [0.25, 0.3) is 0 Å². The highest BCUT2D eigenvalue weighted by molar-refractivity contribution is 7.89. The highest BCUT2D eigenvalue weighted by Crippen LogP contribution is 2.24. The van der Waals surface area contributed by atoms with Crippen molar-refractivity contribution in [2.75, 3.05) is 26.2 Å². The van der Waals surface area contributed by atoms with Crippen LogP contribution >= 0.6 is 12.4 Å². The van der Waals surface area contributed by atoms with E-state index >= 15 is 0 Å². The quantitative estimate of drug-likeness (QED) is 0.782. The molecule has 1 heterocycles. The Morgan fingerprint density at radius 2 is 2.00 bits per heavy atom. The zero-order valence-corrected chi connectivity index (χ0v) is 14.8. The number of rotatable bonds is 6. The Bertz CT molecular complexity index is 605. The highest BCUT2D eigenvalue weighted by atomic mass is 35.5. The molecule has 2 rings (SSSR count). The van der Waals surface area contributed by atoms with Gasteiger partial charge in [0.2, 0.25) is 10.0 Å². The lowest BCUT2D eigenvalue weighted by molar-refractivity contribution is 0.0208. The van der Waals surface area contributed by atoms with Gasteiger partial charge in [0.15, 0.2) is 0 Å². The summed E-state index contributed by atoms with van der Waals surface area (Å²) in [5.74, 6) is -0.693. The van der Waals surface area contributed by atoms with Gasteiger partial charge in [0.05, 0.1) is 6.10 Å². The SMILES string of the molecule is Cc1ccc(S(=O)(=O)N2CCC(OCCCN)CC2)c(F)c1.Cl. The first kappa shape index (κ1) is 20.3. The maximum atomic E-state index is 13.9. The smallest absolute Gasteiger partial charge is 0.245 e. The molecule has 8 heteroatoms. The second-order valence-electron chi connectivity index (χ2n) is 5.55. The molecule has 0 aromatic heterocycles. The number of sulfonamides is 1. The van der Waals surface area contributed by atoms with E-state index in [4.69, 9.17) is 10.5 Å². The van der Waals surface area contributed by atoms with Gasteiger partial charge < -0.3 is 10.5 Å². The van der Waals surface area contributed by atoms with Crippen LogP contribution in [0.3, 0.4) is 0 Å². The van der Waals surface area contributed by atoms with Crippen molar-refractivity contribution in [3.8, 4) is 0 Å². The number of ether oxygens (including phenoxy) is 1. The summed E-state index contributed by atoms with van der Waals surface area (Å²) in [6, 6.07) is 4.19. The predicted octanol–water partition coefficient (Wildman–Crippen LogP) is 2.07. The van der Waals surface area contributed by atoms with Crippen molar-refractivity contribution in [1.29, 1.82) is 0 Å². The normalized spacial score (nSPS) is 17.0. The number of halogens is 2. The van der Waals surface area contributed by atoms with Crippen LogP contribution in [-0.4, -0.2) is 45.1 Å². The first-order chi connectivity index (χ1) is 10.4. The summed E-state index contributed by atoms with van der Waals surface area (Å²) >= 11 is 0. The van der Waals surface area contributed by atoms with Crippen LogP contribution in [0.1, 0.15) is 24.8 Å². The van der Waals surface area contributed by atoms with Crippen molar-refractivity contribution in [3.63, 3.8) is 0 Å². The fourth-order valence-corrected chi connectivity index (χ4v) is 4.04. The molecule has 1 aromatic carbocycles. The van der Waals surface area contributed by atoms with Crippen LogP contribution in [-0.2, 0) is 14.8 Å². The first-order valence-electron chi connectivity index (χ1n) is 7.53. The van der Waals surface area contributed by atoms with Gasteiger partial charge in [-0.15, -0.1) is 12.4 Å². The standard InChI is InChI=1S/C15H23FN2O3S.ClH/c1-12-3-4-15(14(16)11-12)22(19,20)18-8-5-13(6-9-18)21-10-2-7-17;/h3-4,11,13H,2,5-10,17H2,1H3;1H. The topological polar surface area (TPSA) is 72.6 Å². The lowest BCUT2D eigenvalue weighted by atomic mass is 10.1. The Kier molecular flexibility index (Phi) is 7.89. The molecule has 0 unspecified atom stereocenters. The van der Waals surface area contributed by atoms with Gasteiger partial charge in [-0.05, 0) is 50.4 Å². The zero-order chi connectivity index (χ0) is 16.2. The monoisotopic (exact) mass is 366 g/mol. The molecule has 1 aromatic rings. The largest absolute Gasteiger partial charge is 0.378 e. The van der Waals surface area contributed by atoms with Crippen molar-refractivity contribution in [2.24, 2.45) is 5.73 Å². The van der Waals surface area contributed by atoms with E-state index in [0.29, 0.717) is 44.6 Å². The summed E-state index contributed by atoms with van der Waals surface area (Å²) in [7, 11) is -3.78. The molecule has 0 spiro atoms. The number of hydrogen-bond acceptors (Lipinski definition) is 4. The molecule has 0 amide bonds. The second-order valence-corrected chi connectivity index (χ2v) is 7.46. The molecule has 5 nitrogen and oxygen atoms in total. The van der Waals surface area contributed by atoms with E-state index in [1.165, 1.54) is 16.4 Å². The predicted molar refractivity (Wildman–Crippen MR) is 89.8 cm³/mol. The summed E-state index contributed by atoms with van der Waals surface area (Å²) in [5.41, 5.74) is 6.11. The van der Waals surface area contributed by atoms with Gasteiger partial charge >= 0.3 is 0 Å². The molecule has 0 radical (unpaired) electrons.